The van der Waals surface area contributed by atoms with Crippen LogP contribution in [0.2, 0.25) is 0 Å². The van der Waals surface area contributed by atoms with Crippen molar-refractivity contribution in [3.63, 3.8) is 0 Å². The van der Waals surface area contributed by atoms with Crippen LogP contribution in [0.3, 0.4) is 0 Å². The van der Waals surface area contributed by atoms with E-state index in [1.165, 1.54) is 18.3 Å². The van der Waals surface area contributed by atoms with Crippen LogP contribution >= 0.6 is 0 Å². The van der Waals surface area contributed by atoms with Crippen LogP contribution in [0.15, 0.2) is 34.4 Å². The molecule has 2 aromatic rings. The number of hydrogen-bond acceptors (Lipinski definition) is 8. The first kappa shape index (κ1) is 21.5. The van der Waals surface area contributed by atoms with Gasteiger partial charge in [0, 0.05) is 30.8 Å². The van der Waals surface area contributed by atoms with Crippen LogP contribution in [0.4, 0.5) is 21.7 Å². The number of aliphatic imine (C=N–C) groups is 2. The summed E-state index contributed by atoms with van der Waals surface area (Å²) >= 11 is 0. The van der Waals surface area contributed by atoms with Gasteiger partial charge in [-0.05, 0) is 43.8 Å². The molecule has 0 aliphatic carbocycles. The van der Waals surface area contributed by atoms with Gasteiger partial charge in [-0.2, -0.15) is 0 Å². The van der Waals surface area contributed by atoms with Crippen molar-refractivity contribution in [3.05, 3.63) is 41.5 Å². The van der Waals surface area contributed by atoms with E-state index in [0.717, 1.165) is 6.42 Å². The number of carbonyl (C=O) groups is 1. The fourth-order valence-corrected chi connectivity index (χ4v) is 3.32. The summed E-state index contributed by atoms with van der Waals surface area (Å²) in [4.78, 5) is 28.6. The van der Waals surface area contributed by atoms with E-state index in [0.29, 0.717) is 29.3 Å². The number of nitrogens with zero attached hydrogens (tertiary/aromatic N) is 4. The minimum absolute atomic E-state index is 0.0269. The third-order valence-electron chi connectivity index (χ3n) is 4.74. The molecule has 9 nitrogen and oxygen atoms in total. The minimum Gasteiger partial charge on any atom is -0.395 e. The Labute approximate surface area is 173 Å². The summed E-state index contributed by atoms with van der Waals surface area (Å²) in [6.45, 7) is 5.95. The van der Waals surface area contributed by atoms with Crippen molar-refractivity contribution in [2.75, 3.05) is 18.5 Å². The van der Waals surface area contributed by atoms with Gasteiger partial charge < -0.3 is 21.5 Å². The Balaban J connectivity index is 1.84. The third kappa shape index (κ3) is 5.22. The summed E-state index contributed by atoms with van der Waals surface area (Å²) in [6.07, 6.45) is 2.44. The van der Waals surface area contributed by atoms with E-state index >= 15 is 0 Å². The van der Waals surface area contributed by atoms with Crippen molar-refractivity contribution in [3.8, 4) is 0 Å². The molecule has 1 saturated heterocycles. The van der Waals surface area contributed by atoms with Gasteiger partial charge in [-0.1, -0.05) is 0 Å². The van der Waals surface area contributed by atoms with Gasteiger partial charge in [-0.15, -0.1) is 0 Å². The second-order valence-electron chi connectivity index (χ2n) is 7.11. The number of benzene rings is 1. The summed E-state index contributed by atoms with van der Waals surface area (Å²) in [5, 5.41) is 15.7. The van der Waals surface area contributed by atoms with Crippen molar-refractivity contribution in [2.24, 2.45) is 15.7 Å². The zero-order valence-electron chi connectivity index (χ0n) is 16.6. The van der Waals surface area contributed by atoms with Crippen LogP contribution in [0.5, 0.6) is 0 Å². The first-order valence-electron chi connectivity index (χ1n) is 9.46. The van der Waals surface area contributed by atoms with Gasteiger partial charge >= 0.3 is 0 Å². The molecule has 0 spiro atoms. The molecule has 2 heterocycles. The van der Waals surface area contributed by atoms with E-state index in [4.69, 9.17) is 5.73 Å². The predicted molar refractivity (Wildman–Crippen MR) is 114 cm³/mol. The van der Waals surface area contributed by atoms with Gasteiger partial charge in [0.15, 0.2) is 11.5 Å². The van der Waals surface area contributed by atoms with Crippen LogP contribution in [0, 0.1) is 5.82 Å². The normalized spacial score (nSPS) is 19.0. The van der Waals surface area contributed by atoms with E-state index in [2.05, 4.69) is 37.3 Å². The first-order chi connectivity index (χ1) is 14.4. The van der Waals surface area contributed by atoms with E-state index < -0.39 is 5.91 Å². The monoisotopic (exact) mass is 413 g/mol. The van der Waals surface area contributed by atoms with Crippen LogP contribution < -0.4 is 16.4 Å². The van der Waals surface area contributed by atoms with Gasteiger partial charge in [0.25, 0.3) is 5.91 Å². The van der Waals surface area contributed by atoms with Crippen molar-refractivity contribution < 1.29 is 14.3 Å². The molecule has 1 aromatic carbocycles. The molecular weight excluding hydrogens is 389 g/mol. The Bertz CT molecular complexity index is 980. The zero-order chi connectivity index (χ0) is 21.7. The molecule has 2 unspecified atom stereocenters. The number of aliphatic hydroxyl groups excluding tert-OH is 1. The number of aliphatic hydroxyl groups is 1. The molecule has 1 aliphatic heterocycles. The lowest BCUT2D eigenvalue weighted by molar-refractivity contribution is 0.0996. The molecule has 1 amide bonds. The summed E-state index contributed by atoms with van der Waals surface area (Å²) in [5.41, 5.74) is 7.09. The Morgan fingerprint density at radius 3 is 2.97 bits per heavy atom. The fourth-order valence-electron chi connectivity index (χ4n) is 3.32. The van der Waals surface area contributed by atoms with Crippen molar-refractivity contribution in [2.45, 2.75) is 31.8 Å². The average molecular weight is 413 g/mol. The Morgan fingerprint density at radius 1 is 1.50 bits per heavy atom. The molecule has 1 fully saturated rings. The first-order valence-corrected chi connectivity index (χ1v) is 9.46. The molecule has 0 saturated carbocycles. The molecule has 2 atom stereocenters. The number of primary amides is 1. The second kappa shape index (κ2) is 9.51. The Kier molecular flexibility index (Phi) is 6.80. The van der Waals surface area contributed by atoms with Gasteiger partial charge in [0.1, 0.15) is 11.6 Å². The maximum atomic E-state index is 13.6. The SMILES string of the molecule is C=Nc1ccc(F)cc1CC(C)=Nc1nc(NC2CNC(CO)C2)cnc1C(N)=O. The highest BCUT2D eigenvalue weighted by Gasteiger charge is 2.24. The fraction of sp³-hybridized carbons (Fsp3) is 0.350. The topological polar surface area (TPSA) is 138 Å². The smallest absolute Gasteiger partial charge is 0.271 e. The standard InChI is InChI=1S/C20H24FN7O2/c1-11(5-12-6-13(21)3-4-16(12)23-2)26-20-18(19(22)30)25-9-17(28-20)27-14-7-15(10-29)24-8-14/h3-4,6,9,14-15,24,29H,2,5,7-8,10H2,1H3,(H2,22,30)(H,27,28). The lowest BCUT2D eigenvalue weighted by Crippen LogP contribution is -2.25. The van der Waals surface area contributed by atoms with E-state index in [1.54, 1.807) is 13.0 Å². The number of aromatic nitrogens is 2. The van der Waals surface area contributed by atoms with Gasteiger partial charge in [-0.3, -0.25) is 9.79 Å². The van der Waals surface area contributed by atoms with Crippen LogP contribution in [0.25, 0.3) is 0 Å². The van der Waals surface area contributed by atoms with E-state index in [9.17, 15) is 14.3 Å². The van der Waals surface area contributed by atoms with E-state index in [-0.39, 0.29) is 42.4 Å². The van der Waals surface area contributed by atoms with Crippen LogP contribution in [-0.4, -0.2) is 58.6 Å². The molecule has 30 heavy (non-hydrogen) atoms. The highest BCUT2D eigenvalue weighted by atomic mass is 19.1. The second-order valence-corrected chi connectivity index (χ2v) is 7.11. The van der Waals surface area contributed by atoms with Crippen molar-refractivity contribution in [1.29, 1.82) is 0 Å². The number of anilines is 1. The number of hydrogen-bond donors (Lipinski definition) is 4. The molecule has 5 N–H and O–H groups in total. The molecule has 1 aromatic heterocycles. The summed E-state index contributed by atoms with van der Waals surface area (Å²) < 4.78 is 13.6. The maximum absolute atomic E-state index is 13.6. The zero-order valence-corrected chi connectivity index (χ0v) is 16.6. The van der Waals surface area contributed by atoms with E-state index in [1.807, 2.05) is 0 Å². The van der Waals surface area contributed by atoms with Gasteiger partial charge in [-0.25, -0.2) is 19.4 Å². The van der Waals surface area contributed by atoms with Crippen molar-refractivity contribution in [1.82, 2.24) is 15.3 Å². The van der Waals surface area contributed by atoms with Crippen molar-refractivity contribution >= 4 is 35.7 Å². The predicted octanol–water partition coefficient (Wildman–Crippen LogP) is 1.52. The quantitative estimate of drug-likeness (QED) is 0.484. The molecule has 3 rings (SSSR count). The van der Waals surface area contributed by atoms with Crippen LogP contribution in [-0.2, 0) is 6.42 Å². The molecule has 158 valence electrons. The Morgan fingerprint density at radius 2 is 2.30 bits per heavy atom. The molecule has 10 heteroatoms. The maximum Gasteiger partial charge on any atom is 0.271 e. The number of halogens is 1. The highest BCUT2D eigenvalue weighted by molar-refractivity contribution is 5.97. The van der Waals surface area contributed by atoms with Gasteiger partial charge in [0.2, 0.25) is 0 Å². The highest BCUT2D eigenvalue weighted by Crippen LogP contribution is 2.23. The average Bonchev–Trinajstić information content (AvgIpc) is 3.15. The molecule has 0 radical (unpaired) electrons. The van der Waals surface area contributed by atoms with Crippen LogP contribution in [0.1, 0.15) is 29.4 Å². The summed E-state index contributed by atoms with van der Waals surface area (Å²) in [6, 6.07) is 4.30. The lowest BCUT2D eigenvalue weighted by Gasteiger charge is -2.13. The number of carbonyl (C=O) groups excluding carboxylic acids is 1. The molecule has 1 aliphatic rings. The number of nitrogens with two attached hydrogens (primary N) is 1. The molecule has 0 bridgehead atoms. The lowest BCUT2D eigenvalue weighted by atomic mass is 10.1. The Hall–Kier alpha value is -3.24. The third-order valence-corrected chi connectivity index (χ3v) is 4.74. The summed E-state index contributed by atoms with van der Waals surface area (Å²) in [7, 11) is 0. The summed E-state index contributed by atoms with van der Waals surface area (Å²) in [5.74, 6) is -0.613. The number of amides is 1. The largest absolute Gasteiger partial charge is 0.395 e. The molecular formula is C20H24FN7O2. The number of nitrogens with one attached hydrogen (secondary N) is 2. The van der Waals surface area contributed by atoms with Gasteiger partial charge in [0.05, 0.1) is 18.5 Å². The number of rotatable bonds is 8. The minimum atomic E-state index is -0.748.